The van der Waals surface area contributed by atoms with Gasteiger partial charge in [-0.15, -0.1) is 11.3 Å². The molecule has 0 spiro atoms. The minimum atomic E-state index is -0.0983. The molecule has 154 valence electrons. The van der Waals surface area contributed by atoms with Crippen molar-refractivity contribution >= 4 is 44.9 Å². The summed E-state index contributed by atoms with van der Waals surface area (Å²) in [6.45, 7) is 3.13. The predicted octanol–water partition coefficient (Wildman–Crippen LogP) is 5.37. The molecule has 2 amide bonds. The van der Waals surface area contributed by atoms with E-state index in [0.717, 1.165) is 25.4 Å². The summed E-state index contributed by atoms with van der Waals surface area (Å²) >= 11 is 4.95. The van der Waals surface area contributed by atoms with E-state index >= 15 is 0 Å². The highest BCUT2D eigenvalue weighted by atomic mass is 79.9. The number of aromatic nitrogens is 1. The standard InChI is InChI=1S/C23H22BrN3O2S/c1-15-2-9-21(25-14-15)26-22(28)17-10-12-27(13-11-17)23(29)20-8-7-19(30-20)16-3-5-18(24)6-4-16/h2-9,14,17H,10-13H2,1H3,(H,25,26,28). The number of amides is 2. The van der Waals surface area contributed by atoms with E-state index in [-0.39, 0.29) is 17.7 Å². The van der Waals surface area contributed by atoms with Crippen LogP contribution in [0.3, 0.4) is 0 Å². The largest absolute Gasteiger partial charge is 0.338 e. The van der Waals surface area contributed by atoms with Crippen LogP contribution < -0.4 is 5.32 Å². The van der Waals surface area contributed by atoms with Crippen LogP contribution in [0.1, 0.15) is 28.1 Å². The summed E-state index contributed by atoms with van der Waals surface area (Å²) in [5.41, 5.74) is 2.15. The first-order valence-corrected chi connectivity index (χ1v) is 11.5. The number of thiophene rings is 1. The second-order valence-corrected chi connectivity index (χ2v) is 9.45. The Labute approximate surface area is 188 Å². The van der Waals surface area contributed by atoms with Gasteiger partial charge in [0, 0.05) is 34.6 Å². The monoisotopic (exact) mass is 483 g/mol. The number of nitrogens with one attached hydrogen (secondary N) is 1. The van der Waals surface area contributed by atoms with E-state index < -0.39 is 0 Å². The lowest BCUT2D eigenvalue weighted by atomic mass is 9.96. The third-order valence-electron chi connectivity index (χ3n) is 5.26. The van der Waals surface area contributed by atoms with Crippen molar-refractivity contribution in [3.63, 3.8) is 0 Å². The second-order valence-electron chi connectivity index (χ2n) is 7.45. The summed E-state index contributed by atoms with van der Waals surface area (Å²) in [5.74, 6) is 0.497. The number of rotatable bonds is 4. The van der Waals surface area contributed by atoms with Crippen LogP contribution in [0.5, 0.6) is 0 Å². The van der Waals surface area contributed by atoms with Crippen molar-refractivity contribution in [2.75, 3.05) is 18.4 Å². The van der Waals surface area contributed by atoms with Crippen molar-refractivity contribution in [3.05, 3.63) is 69.6 Å². The number of halogens is 1. The van der Waals surface area contributed by atoms with Crippen LogP contribution in [0, 0.1) is 12.8 Å². The fourth-order valence-electron chi connectivity index (χ4n) is 3.49. The highest BCUT2D eigenvalue weighted by Gasteiger charge is 2.28. The highest BCUT2D eigenvalue weighted by Crippen LogP contribution is 2.30. The molecule has 5 nitrogen and oxygen atoms in total. The van der Waals surface area contributed by atoms with Gasteiger partial charge in [-0.3, -0.25) is 9.59 Å². The molecule has 0 radical (unpaired) electrons. The molecule has 4 rings (SSSR count). The predicted molar refractivity (Wildman–Crippen MR) is 124 cm³/mol. The molecule has 1 aliphatic rings. The van der Waals surface area contributed by atoms with Gasteiger partial charge >= 0.3 is 0 Å². The number of pyridine rings is 1. The van der Waals surface area contributed by atoms with Gasteiger partial charge in [0.05, 0.1) is 4.88 Å². The van der Waals surface area contributed by atoms with Crippen LogP contribution >= 0.6 is 27.3 Å². The van der Waals surface area contributed by atoms with Crippen LogP contribution in [0.15, 0.2) is 59.2 Å². The number of likely N-dealkylation sites (tertiary alicyclic amines) is 1. The van der Waals surface area contributed by atoms with Crippen molar-refractivity contribution in [3.8, 4) is 10.4 Å². The molecule has 1 saturated heterocycles. The average Bonchev–Trinajstić information content (AvgIpc) is 3.26. The Morgan fingerprint density at radius 3 is 2.47 bits per heavy atom. The summed E-state index contributed by atoms with van der Waals surface area (Å²) in [4.78, 5) is 33.3. The number of hydrogen-bond acceptors (Lipinski definition) is 4. The molecule has 0 bridgehead atoms. The maximum atomic E-state index is 12.9. The molecule has 1 N–H and O–H groups in total. The first kappa shape index (κ1) is 20.8. The van der Waals surface area contributed by atoms with Gasteiger partial charge in [-0.05, 0) is 61.2 Å². The number of piperidine rings is 1. The van der Waals surface area contributed by atoms with Gasteiger partial charge in [-0.1, -0.05) is 34.1 Å². The SMILES string of the molecule is Cc1ccc(NC(=O)C2CCN(C(=O)c3ccc(-c4ccc(Br)cc4)s3)CC2)nc1. The van der Waals surface area contributed by atoms with Crippen LogP contribution in [-0.4, -0.2) is 34.8 Å². The lowest BCUT2D eigenvalue weighted by molar-refractivity contribution is -0.121. The number of benzene rings is 1. The molecule has 0 atom stereocenters. The van der Waals surface area contributed by atoms with E-state index in [0.29, 0.717) is 31.7 Å². The Bertz CT molecular complexity index is 1040. The van der Waals surface area contributed by atoms with Gasteiger partial charge in [0.15, 0.2) is 0 Å². The average molecular weight is 484 g/mol. The Hall–Kier alpha value is -2.51. The van der Waals surface area contributed by atoms with Crippen LogP contribution in [-0.2, 0) is 4.79 Å². The number of nitrogens with zero attached hydrogens (tertiary/aromatic N) is 2. The fourth-order valence-corrected chi connectivity index (χ4v) is 4.74. The topological polar surface area (TPSA) is 62.3 Å². The zero-order valence-corrected chi connectivity index (χ0v) is 19.0. The summed E-state index contributed by atoms with van der Waals surface area (Å²) in [6.07, 6.45) is 3.06. The molecule has 30 heavy (non-hydrogen) atoms. The summed E-state index contributed by atoms with van der Waals surface area (Å²) in [7, 11) is 0. The third-order valence-corrected chi connectivity index (χ3v) is 6.91. The zero-order chi connectivity index (χ0) is 21.1. The zero-order valence-electron chi connectivity index (χ0n) is 16.6. The molecule has 3 heterocycles. The Kier molecular flexibility index (Phi) is 6.29. The molecule has 3 aromatic rings. The van der Waals surface area contributed by atoms with E-state index in [1.807, 2.05) is 60.4 Å². The summed E-state index contributed by atoms with van der Waals surface area (Å²) in [5, 5.41) is 2.89. The maximum Gasteiger partial charge on any atom is 0.263 e. The van der Waals surface area contributed by atoms with Gasteiger partial charge in [0.25, 0.3) is 5.91 Å². The molecule has 0 aliphatic carbocycles. The van der Waals surface area contributed by atoms with Crippen molar-refractivity contribution in [1.29, 1.82) is 0 Å². The number of carbonyl (C=O) groups excluding carboxylic acids is 2. The van der Waals surface area contributed by atoms with E-state index in [1.54, 1.807) is 6.20 Å². The number of carbonyl (C=O) groups is 2. The number of aryl methyl sites for hydroxylation is 1. The van der Waals surface area contributed by atoms with Crippen molar-refractivity contribution in [1.82, 2.24) is 9.88 Å². The van der Waals surface area contributed by atoms with E-state index in [1.165, 1.54) is 11.3 Å². The fraction of sp³-hybridized carbons (Fsp3) is 0.261. The Morgan fingerprint density at radius 1 is 1.07 bits per heavy atom. The molecular formula is C23H22BrN3O2S. The normalized spacial score (nSPS) is 14.5. The highest BCUT2D eigenvalue weighted by molar-refractivity contribution is 9.10. The molecule has 1 fully saturated rings. The van der Waals surface area contributed by atoms with Gasteiger partial charge in [0.1, 0.15) is 5.82 Å². The number of hydrogen-bond donors (Lipinski definition) is 1. The molecule has 1 aliphatic heterocycles. The first-order chi connectivity index (χ1) is 14.5. The minimum absolute atomic E-state index is 0.0212. The molecule has 0 unspecified atom stereocenters. The van der Waals surface area contributed by atoms with Crippen LogP contribution in [0.2, 0.25) is 0 Å². The van der Waals surface area contributed by atoms with Gasteiger partial charge < -0.3 is 10.2 Å². The van der Waals surface area contributed by atoms with E-state index in [4.69, 9.17) is 0 Å². The quantitative estimate of drug-likeness (QED) is 0.542. The van der Waals surface area contributed by atoms with Crippen LogP contribution in [0.4, 0.5) is 5.82 Å². The third kappa shape index (κ3) is 4.79. The molecule has 2 aromatic heterocycles. The van der Waals surface area contributed by atoms with E-state index in [9.17, 15) is 9.59 Å². The Balaban J connectivity index is 1.33. The molecule has 0 saturated carbocycles. The first-order valence-electron chi connectivity index (χ1n) is 9.88. The van der Waals surface area contributed by atoms with Crippen LogP contribution in [0.25, 0.3) is 10.4 Å². The lowest BCUT2D eigenvalue weighted by Gasteiger charge is -2.31. The minimum Gasteiger partial charge on any atom is -0.338 e. The van der Waals surface area contributed by atoms with E-state index in [2.05, 4.69) is 26.2 Å². The van der Waals surface area contributed by atoms with Gasteiger partial charge in [-0.2, -0.15) is 0 Å². The van der Waals surface area contributed by atoms with Gasteiger partial charge in [-0.25, -0.2) is 4.98 Å². The smallest absolute Gasteiger partial charge is 0.263 e. The molecular weight excluding hydrogens is 462 g/mol. The second kappa shape index (κ2) is 9.10. The molecule has 1 aromatic carbocycles. The number of anilines is 1. The van der Waals surface area contributed by atoms with Crippen molar-refractivity contribution in [2.45, 2.75) is 19.8 Å². The van der Waals surface area contributed by atoms with Gasteiger partial charge in [0.2, 0.25) is 5.91 Å². The maximum absolute atomic E-state index is 12.9. The lowest BCUT2D eigenvalue weighted by Crippen LogP contribution is -2.41. The summed E-state index contributed by atoms with van der Waals surface area (Å²) < 4.78 is 1.03. The summed E-state index contributed by atoms with van der Waals surface area (Å²) in [6, 6.07) is 15.7. The van der Waals surface area contributed by atoms with Crippen molar-refractivity contribution in [2.24, 2.45) is 5.92 Å². The van der Waals surface area contributed by atoms with Crippen molar-refractivity contribution < 1.29 is 9.59 Å². The molecule has 7 heteroatoms. The Morgan fingerprint density at radius 2 is 1.80 bits per heavy atom.